The van der Waals surface area contributed by atoms with E-state index in [4.69, 9.17) is 16.3 Å². The molecule has 8 heteroatoms. The molecule has 0 aliphatic rings. The first-order chi connectivity index (χ1) is 12.7. The maximum atomic E-state index is 12.7. The summed E-state index contributed by atoms with van der Waals surface area (Å²) in [4.78, 5) is 17.1. The molecule has 130 valence electrons. The van der Waals surface area contributed by atoms with Gasteiger partial charge < -0.3 is 4.74 Å². The average Bonchev–Trinajstić information content (AvgIpc) is 3.10. The Morgan fingerprint density at radius 3 is 2.62 bits per heavy atom. The molecule has 0 aliphatic heterocycles. The average molecular weight is 368 g/mol. The zero-order valence-electron chi connectivity index (χ0n) is 13.8. The first-order valence-corrected chi connectivity index (χ1v) is 8.24. The minimum absolute atomic E-state index is 0.204. The van der Waals surface area contributed by atoms with Crippen LogP contribution in [-0.2, 0) is 6.54 Å². The van der Waals surface area contributed by atoms with Crippen LogP contribution < -0.4 is 10.3 Å². The van der Waals surface area contributed by atoms with Gasteiger partial charge >= 0.3 is 0 Å². The van der Waals surface area contributed by atoms with E-state index in [1.54, 1.807) is 13.2 Å². The third kappa shape index (κ3) is 2.82. The molecule has 7 nitrogen and oxygen atoms in total. The molecule has 4 aromatic rings. The highest BCUT2D eigenvalue weighted by molar-refractivity contribution is 6.31. The SMILES string of the molecule is COc1ccc(-n2nnc3c(=O)n(Cc4ccccc4Cl)cnc32)cc1. The van der Waals surface area contributed by atoms with Crippen LogP contribution in [0.25, 0.3) is 16.9 Å². The number of fused-ring (bicyclic) bond motifs is 1. The van der Waals surface area contributed by atoms with Gasteiger partial charge in [0.2, 0.25) is 0 Å². The van der Waals surface area contributed by atoms with E-state index in [2.05, 4.69) is 15.3 Å². The van der Waals surface area contributed by atoms with Crippen molar-refractivity contribution in [3.05, 3.63) is 75.8 Å². The molecule has 0 unspecified atom stereocenters. The van der Waals surface area contributed by atoms with Crippen molar-refractivity contribution in [2.24, 2.45) is 0 Å². The van der Waals surface area contributed by atoms with E-state index in [-0.39, 0.29) is 11.1 Å². The highest BCUT2D eigenvalue weighted by atomic mass is 35.5. The highest BCUT2D eigenvalue weighted by Gasteiger charge is 2.14. The Bertz CT molecular complexity index is 1130. The third-order valence-corrected chi connectivity index (χ3v) is 4.41. The second-order valence-electron chi connectivity index (χ2n) is 5.64. The monoisotopic (exact) mass is 367 g/mol. The summed E-state index contributed by atoms with van der Waals surface area (Å²) in [5.41, 5.74) is 1.91. The predicted octanol–water partition coefficient (Wildman–Crippen LogP) is 2.69. The summed E-state index contributed by atoms with van der Waals surface area (Å²) in [5, 5.41) is 8.68. The van der Waals surface area contributed by atoms with Gasteiger partial charge in [-0.3, -0.25) is 9.36 Å². The molecular weight excluding hydrogens is 354 g/mol. The molecule has 0 N–H and O–H groups in total. The first-order valence-electron chi connectivity index (χ1n) is 7.86. The van der Waals surface area contributed by atoms with E-state index in [9.17, 15) is 4.79 Å². The Kier molecular flexibility index (Phi) is 4.14. The van der Waals surface area contributed by atoms with Crippen LogP contribution in [0.5, 0.6) is 5.75 Å². The van der Waals surface area contributed by atoms with Gasteiger partial charge in [0.05, 0.1) is 19.3 Å². The molecule has 2 aromatic carbocycles. The molecule has 0 saturated heterocycles. The van der Waals surface area contributed by atoms with Gasteiger partial charge in [0, 0.05) is 5.02 Å². The van der Waals surface area contributed by atoms with Crippen molar-refractivity contribution in [1.82, 2.24) is 24.5 Å². The summed E-state index contributed by atoms with van der Waals surface area (Å²) >= 11 is 6.18. The summed E-state index contributed by atoms with van der Waals surface area (Å²) in [6.45, 7) is 0.316. The van der Waals surface area contributed by atoms with Gasteiger partial charge in [-0.1, -0.05) is 35.0 Å². The van der Waals surface area contributed by atoms with Crippen molar-refractivity contribution in [3.8, 4) is 11.4 Å². The van der Waals surface area contributed by atoms with Gasteiger partial charge in [-0.25, -0.2) is 4.98 Å². The largest absolute Gasteiger partial charge is 0.497 e. The maximum absolute atomic E-state index is 12.7. The van der Waals surface area contributed by atoms with Gasteiger partial charge in [-0.15, -0.1) is 5.10 Å². The summed E-state index contributed by atoms with van der Waals surface area (Å²) in [6, 6.07) is 14.6. The van der Waals surface area contributed by atoms with Gasteiger partial charge in [-0.2, -0.15) is 4.68 Å². The van der Waals surface area contributed by atoms with Crippen LogP contribution in [0, 0.1) is 0 Å². The number of rotatable bonds is 4. The van der Waals surface area contributed by atoms with Crippen LogP contribution in [0.3, 0.4) is 0 Å². The fourth-order valence-corrected chi connectivity index (χ4v) is 2.86. The molecule has 2 aromatic heterocycles. The first kappa shape index (κ1) is 16.3. The van der Waals surface area contributed by atoms with Crippen molar-refractivity contribution in [1.29, 1.82) is 0 Å². The zero-order valence-corrected chi connectivity index (χ0v) is 14.6. The quantitative estimate of drug-likeness (QED) is 0.554. The third-order valence-electron chi connectivity index (χ3n) is 4.04. The summed E-state index contributed by atoms with van der Waals surface area (Å²) in [6.07, 6.45) is 1.48. The van der Waals surface area contributed by atoms with Gasteiger partial charge in [-0.05, 0) is 35.9 Å². The molecule has 26 heavy (non-hydrogen) atoms. The van der Waals surface area contributed by atoms with E-state index in [1.165, 1.54) is 15.6 Å². The van der Waals surface area contributed by atoms with Crippen LogP contribution in [-0.4, -0.2) is 31.7 Å². The lowest BCUT2D eigenvalue weighted by atomic mass is 10.2. The molecule has 0 amide bonds. The number of methoxy groups -OCH3 is 1. The van der Waals surface area contributed by atoms with E-state index in [0.717, 1.165) is 17.0 Å². The number of hydrogen-bond acceptors (Lipinski definition) is 5. The van der Waals surface area contributed by atoms with Crippen LogP contribution in [0.4, 0.5) is 0 Å². The molecule has 0 radical (unpaired) electrons. The second kappa shape index (κ2) is 6.61. The fourth-order valence-electron chi connectivity index (χ4n) is 2.66. The van der Waals surface area contributed by atoms with Gasteiger partial charge in [0.15, 0.2) is 11.2 Å². The van der Waals surface area contributed by atoms with Gasteiger partial charge in [0.1, 0.15) is 12.1 Å². The molecule has 0 aliphatic carbocycles. The number of ether oxygens (including phenoxy) is 1. The molecule has 0 atom stereocenters. The Morgan fingerprint density at radius 1 is 1.12 bits per heavy atom. The smallest absolute Gasteiger partial charge is 0.283 e. The minimum atomic E-state index is -0.269. The molecule has 0 spiro atoms. The lowest BCUT2D eigenvalue weighted by Gasteiger charge is -2.07. The minimum Gasteiger partial charge on any atom is -0.497 e. The van der Waals surface area contributed by atoms with Crippen molar-refractivity contribution >= 4 is 22.8 Å². The van der Waals surface area contributed by atoms with E-state index in [1.807, 2.05) is 42.5 Å². The second-order valence-corrected chi connectivity index (χ2v) is 6.05. The lowest BCUT2D eigenvalue weighted by Crippen LogP contribution is -2.21. The lowest BCUT2D eigenvalue weighted by molar-refractivity contribution is 0.414. The number of nitrogens with zero attached hydrogens (tertiary/aromatic N) is 5. The van der Waals surface area contributed by atoms with Crippen LogP contribution in [0.1, 0.15) is 5.56 Å². The van der Waals surface area contributed by atoms with E-state index in [0.29, 0.717) is 17.2 Å². The fraction of sp³-hybridized carbons (Fsp3) is 0.111. The van der Waals surface area contributed by atoms with Crippen LogP contribution in [0.15, 0.2) is 59.7 Å². The molecule has 4 rings (SSSR count). The molecule has 2 heterocycles. The zero-order chi connectivity index (χ0) is 18.1. The number of hydrogen-bond donors (Lipinski definition) is 0. The Hall–Kier alpha value is -3.19. The Balaban J connectivity index is 1.75. The predicted molar refractivity (Wildman–Crippen MR) is 98.0 cm³/mol. The number of aromatic nitrogens is 5. The molecule has 0 bridgehead atoms. The summed E-state index contributed by atoms with van der Waals surface area (Å²) in [7, 11) is 1.60. The van der Waals surface area contributed by atoms with Crippen molar-refractivity contribution < 1.29 is 4.74 Å². The standard InChI is InChI=1S/C18H14ClN5O2/c1-26-14-8-6-13(7-9-14)24-17-16(21-22-24)18(25)23(11-20-17)10-12-4-2-3-5-15(12)19/h2-9,11H,10H2,1H3. The molecular formula is C18H14ClN5O2. The van der Waals surface area contributed by atoms with Crippen molar-refractivity contribution in [3.63, 3.8) is 0 Å². The van der Waals surface area contributed by atoms with Gasteiger partial charge in [0.25, 0.3) is 5.56 Å². The Labute approximate surface area is 153 Å². The normalized spacial score (nSPS) is 11.0. The van der Waals surface area contributed by atoms with E-state index >= 15 is 0 Å². The van der Waals surface area contributed by atoms with Crippen molar-refractivity contribution in [2.75, 3.05) is 7.11 Å². The van der Waals surface area contributed by atoms with Crippen LogP contribution >= 0.6 is 11.6 Å². The number of halogens is 1. The summed E-state index contributed by atoms with van der Waals surface area (Å²) in [5.74, 6) is 0.730. The maximum Gasteiger partial charge on any atom is 0.283 e. The van der Waals surface area contributed by atoms with Crippen LogP contribution in [0.2, 0.25) is 5.02 Å². The molecule has 0 fully saturated rings. The Morgan fingerprint density at radius 2 is 1.88 bits per heavy atom. The topological polar surface area (TPSA) is 74.8 Å². The number of benzene rings is 2. The highest BCUT2D eigenvalue weighted by Crippen LogP contribution is 2.18. The van der Waals surface area contributed by atoms with E-state index < -0.39 is 0 Å². The summed E-state index contributed by atoms with van der Waals surface area (Å²) < 4.78 is 8.14. The van der Waals surface area contributed by atoms with Crippen molar-refractivity contribution in [2.45, 2.75) is 6.54 Å². The molecule has 0 saturated carbocycles.